The Morgan fingerprint density at radius 1 is 1.40 bits per heavy atom. The predicted octanol–water partition coefficient (Wildman–Crippen LogP) is 3.68. The average Bonchev–Trinajstić information content (AvgIpc) is 2.79. The second kappa shape index (κ2) is 4.56. The van der Waals surface area contributed by atoms with Gasteiger partial charge in [-0.1, -0.05) is 31.9 Å². The van der Waals surface area contributed by atoms with Gasteiger partial charge in [0.1, 0.15) is 11.4 Å². The van der Waals surface area contributed by atoms with Gasteiger partial charge >= 0.3 is 0 Å². The molecule has 1 N–H and O–H groups in total. The summed E-state index contributed by atoms with van der Waals surface area (Å²) < 4.78 is 13.9. The lowest BCUT2D eigenvalue weighted by atomic mass is 9.60. The van der Waals surface area contributed by atoms with Crippen molar-refractivity contribution in [1.29, 1.82) is 5.26 Å². The maximum absolute atomic E-state index is 13.9. The van der Waals surface area contributed by atoms with Gasteiger partial charge in [-0.15, -0.1) is 0 Å². The molecule has 0 aromatic heterocycles. The summed E-state index contributed by atoms with van der Waals surface area (Å²) in [5, 5.41) is 21.0. The molecule has 0 amide bonds. The smallest absolute Gasteiger partial charge is 0.126 e. The van der Waals surface area contributed by atoms with E-state index < -0.39 is 11.0 Å². The summed E-state index contributed by atoms with van der Waals surface area (Å²) in [6.07, 6.45) is 4.47. The second-order valence-electron chi connectivity index (χ2n) is 6.52. The van der Waals surface area contributed by atoms with E-state index in [1.807, 2.05) is 0 Å². The van der Waals surface area contributed by atoms with Gasteiger partial charge in [-0.2, -0.15) is 5.26 Å². The van der Waals surface area contributed by atoms with E-state index in [9.17, 15) is 14.8 Å². The Bertz CT molecular complexity index is 579. The van der Waals surface area contributed by atoms with E-state index in [-0.39, 0.29) is 5.82 Å². The van der Waals surface area contributed by atoms with Crippen molar-refractivity contribution in [2.24, 2.45) is 11.3 Å². The minimum atomic E-state index is -1.19. The monoisotopic (exact) mass is 273 g/mol. The number of hydrogen-bond donors (Lipinski definition) is 1. The molecule has 1 aromatic rings. The highest BCUT2D eigenvalue weighted by molar-refractivity contribution is 5.42. The fourth-order valence-electron chi connectivity index (χ4n) is 4.26. The molecule has 3 heteroatoms. The van der Waals surface area contributed by atoms with Gasteiger partial charge in [0, 0.05) is 0 Å². The third kappa shape index (κ3) is 1.71. The van der Waals surface area contributed by atoms with Crippen LogP contribution in [0.5, 0.6) is 0 Å². The van der Waals surface area contributed by atoms with E-state index in [2.05, 4.69) is 13.0 Å². The van der Waals surface area contributed by atoms with Gasteiger partial charge in [-0.05, 0) is 48.8 Å². The summed E-state index contributed by atoms with van der Waals surface area (Å²) >= 11 is 0. The van der Waals surface area contributed by atoms with Crippen molar-refractivity contribution < 1.29 is 9.50 Å². The summed E-state index contributed by atoms with van der Waals surface area (Å²) in [4.78, 5) is 0. The number of nitrogens with zero attached hydrogens (tertiary/aromatic N) is 1. The highest BCUT2D eigenvalue weighted by atomic mass is 19.1. The fraction of sp³-hybridized carbons (Fsp3) is 0.588. The third-order valence-corrected chi connectivity index (χ3v) is 5.30. The molecule has 1 fully saturated rings. The molecule has 3 rings (SSSR count). The molecule has 0 heterocycles. The zero-order chi connectivity index (χ0) is 14.4. The maximum atomic E-state index is 13.9. The van der Waals surface area contributed by atoms with Gasteiger partial charge in [0.25, 0.3) is 0 Å². The first-order valence-electron chi connectivity index (χ1n) is 7.44. The lowest BCUT2D eigenvalue weighted by Crippen LogP contribution is -2.46. The van der Waals surface area contributed by atoms with Crippen LogP contribution >= 0.6 is 0 Å². The predicted molar refractivity (Wildman–Crippen MR) is 74.3 cm³/mol. The van der Waals surface area contributed by atoms with Gasteiger partial charge in [0.2, 0.25) is 0 Å². The average molecular weight is 273 g/mol. The standard InChI is InChI=1S/C17H20FNO/c1-12-4-3-8-16(10-12,11-19)17(20)9-7-13-14(17)5-2-6-15(13)18/h2,5-6,12,20H,3-4,7-10H2,1H3. The number of nitriles is 1. The molecular weight excluding hydrogens is 253 g/mol. The van der Waals surface area contributed by atoms with Crippen molar-refractivity contribution >= 4 is 0 Å². The Labute approximate surface area is 119 Å². The zero-order valence-electron chi connectivity index (χ0n) is 11.8. The number of fused-ring (bicyclic) bond motifs is 1. The number of aliphatic hydroxyl groups is 1. The number of rotatable bonds is 1. The van der Waals surface area contributed by atoms with E-state index in [1.165, 1.54) is 6.07 Å². The normalized spacial score (nSPS) is 36.4. The minimum Gasteiger partial charge on any atom is -0.383 e. The Morgan fingerprint density at radius 3 is 2.90 bits per heavy atom. The minimum absolute atomic E-state index is 0.254. The van der Waals surface area contributed by atoms with Crippen molar-refractivity contribution in [2.45, 2.75) is 51.0 Å². The van der Waals surface area contributed by atoms with Crippen LogP contribution in [0.2, 0.25) is 0 Å². The molecular formula is C17H20FNO. The van der Waals surface area contributed by atoms with Crippen LogP contribution in [0.15, 0.2) is 18.2 Å². The molecule has 2 aliphatic rings. The van der Waals surface area contributed by atoms with Gasteiger partial charge in [-0.25, -0.2) is 4.39 Å². The topological polar surface area (TPSA) is 44.0 Å². The molecule has 3 unspecified atom stereocenters. The summed E-state index contributed by atoms with van der Waals surface area (Å²) in [5.41, 5.74) is -0.701. The van der Waals surface area contributed by atoms with Crippen molar-refractivity contribution in [3.8, 4) is 6.07 Å². The molecule has 20 heavy (non-hydrogen) atoms. The molecule has 2 aliphatic carbocycles. The first kappa shape index (κ1) is 13.6. The van der Waals surface area contributed by atoms with Crippen LogP contribution in [0.25, 0.3) is 0 Å². The molecule has 3 atom stereocenters. The van der Waals surface area contributed by atoms with Crippen LogP contribution < -0.4 is 0 Å². The SMILES string of the molecule is CC1CCCC(C#N)(C2(O)CCc3c(F)cccc32)C1. The van der Waals surface area contributed by atoms with Gasteiger partial charge in [-0.3, -0.25) is 0 Å². The van der Waals surface area contributed by atoms with Crippen molar-refractivity contribution in [2.75, 3.05) is 0 Å². The number of hydrogen-bond acceptors (Lipinski definition) is 2. The van der Waals surface area contributed by atoms with Crippen LogP contribution in [0.3, 0.4) is 0 Å². The van der Waals surface area contributed by atoms with Crippen LogP contribution in [-0.2, 0) is 12.0 Å². The molecule has 0 saturated heterocycles. The molecule has 106 valence electrons. The molecule has 0 radical (unpaired) electrons. The van der Waals surface area contributed by atoms with Crippen LogP contribution in [0, 0.1) is 28.5 Å². The van der Waals surface area contributed by atoms with Crippen LogP contribution in [-0.4, -0.2) is 5.11 Å². The molecule has 1 saturated carbocycles. The summed E-state index contributed by atoms with van der Waals surface area (Å²) in [6.45, 7) is 2.13. The van der Waals surface area contributed by atoms with E-state index in [1.54, 1.807) is 12.1 Å². The van der Waals surface area contributed by atoms with Gasteiger partial charge in [0.15, 0.2) is 0 Å². The Morgan fingerprint density at radius 2 is 2.20 bits per heavy atom. The Balaban J connectivity index is 2.10. The van der Waals surface area contributed by atoms with Crippen molar-refractivity contribution in [3.05, 3.63) is 35.1 Å². The fourth-order valence-corrected chi connectivity index (χ4v) is 4.26. The quantitative estimate of drug-likeness (QED) is 0.848. The van der Waals surface area contributed by atoms with E-state index in [0.717, 1.165) is 12.8 Å². The lowest BCUT2D eigenvalue weighted by molar-refractivity contribution is -0.0853. The summed E-state index contributed by atoms with van der Waals surface area (Å²) in [6, 6.07) is 7.29. The van der Waals surface area contributed by atoms with E-state index in [4.69, 9.17) is 0 Å². The first-order chi connectivity index (χ1) is 9.52. The van der Waals surface area contributed by atoms with Crippen molar-refractivity contribution in [3.63, 3.8) is 0 Å². The number of benzene rings is 1. The molecule has 2 nitrogen and oxygen atoms in total. The third-order valence-electron chi connectivity index (χ3n) is 5.30. The summed E-state index contributed by atoms with van der Waals surface area (Å²) in [7, 11) is 0. The largest absolute Gasteiger partial charge is 0.383 e. The number of halogens is 1. The lowest BCUT2D eigenvalue weighted by Gasteiger charge is -2.45. The van der Waals surface area contributed by atoms with Crippen LogP contribution in [0.4, 0.5) is 4.39 Å². The van der Waals surface area contributed by atoms with Gasteiger partial charge in [0.05, 0.1) is 11.5 Å². The Kier molecular flexibility index (Phi) is 3.10. The highest BCUT2D eigenvalue weighted by Crippen LogP contribution is 2.56. The van der Waals surface area contributed by atoms with Crippen LogP contribution in [0.1, 0.15) is 50.2 Å². The highest BCUT2D eigenvalue weighted by Gasteiger charge is 2.56. The van der Waals surface area contributed by atoms with E-state index >= 15 is 0 Å². The second-order valence-corrected chi connectivity index (χ2v) is 6.52. The molecule has 0 bridgehead atoms. The van der Waals surface area contributed by atoms with Crippen molar-refractivity contribution in [1.82, 2.24) is 0 Å². The first-order valence-corrected chi connectivity index (χ1v) is 7.44. The summed E-state index contributed by atoms with van der Waals surface area (Å²) in [5.74, 6) is 0.181. The molecule has 1 aromatic carbocycles. The zero-order valence-corrected chi connectivity index (χ0v) is 11.8. The van der Waals surface area contributed by atoms with Gasteiger partial charge < -0.3 is 5.11 Å². The maximum Gasteiger partial charge on any atom is 0.126 e. The van der Waals surface area contributed by atoms with E-state index in [0.29, 0.717) is 42.7 Å². The molecule has 0 aliphatic heterocycles. The molecule has 0 spiro atoms. The Hall–Kier alpha value is -1.40.